The number of nitrogens with zero attached hydrogens (tertiary/aromatic N) is 2. The lowest BCUT2D eigenvalue weighted by atomic mass is 9.97. The molecule has 1 fully saturated rings. The molecule has 2 aromatic carbocycles. The molecule has 4 rings (SSSR count). The van der Waals surface area contributed by atoms with Crippen molar-refractivity contribution in [2.24, 2.45) is 0 Å². The summed E-state index contributed by atoms with van der Waals surface area (Å²) in [4.78, 5) is 31.0. The molecule has 29 heavy (non-hydrogen) atoms. The number of hydrogen-bond acceptors (Lipinski definition) is 6. The van der Waals surface area contributed by atoms with Crippen molar-refractivity contribution in [2.75, 3.05) is 26.8 Å². The van der Waals surface area contributed by atoms with E-state index in [0.29, 0.717) is 30.3 Å². The van der Waals surface area contributed by atoms with Crippen LogP contribution in [0.4, 0.5) is 0 Å². The van der Waals surface area contributed by atoms with Crippen LogP contribution in [0, 0.1) is 0 Å². The number of aromatic nitrogens is 1. The van der Waals surface area contributed by atoms with E-state index in [2.05, 4.69) is 6.07 Å². The Kier molecular flexibility index (Phi) is 5.76. The van der Waals surface area contributed by atoms with E-state index < -0.39 is 5.97 Å². The Morgan fingerprint density at radius 2 is 1.83 bits per heavy atom. The van der Waals surface area contributed by atoms with Gasteiger partial charge in [-0.1, -0.05) is 24.3 Å². The minimum atomic E-state index is -0.482. The molecule has 7 heteroatoms. The lowest BCUT2D eigenvalue weighted by Gasteiger charge is -2.31. The third-order valence-corrected chi connectivity index (χ3v) is 6.35. The van der Waals surface area contributed by atoms with Crippen molar-refractivity contribution in [3.63, 3.8) is 0 Å². The Labute approximate surface area is 173 Å². The maximum absolute atomic E-state index is 12.6. The fourth-order valence-corrected chi connectivity index (χ4v) is 4.68. The van der Waals surface area contributed by atoms with Gasteiger partial charge in [0.2, 0.25) is 0 Å². The molecular weight excluding hydrogens is 388 g/mol. The Bertz CT molecular complexity index is 991. The lowest BCUT2D eigenvalue weighted by molar-refractivity contribution is -0.134. The van der Waals surface area contributed by atoms with Gasteiger partial charge in [-0.2, -0.15) is 0 Å². The molecule has 1 aromatic heterocycles. The number of carbonyl (C=O) groups excluding carboxylic acids is 2. The average molecular weight is 410 g/mol. The first kappa shape index (κ1) is 19.4. The van der Waals surface area contributed by atoms with E-state index in [1.807, 2.05) is 23.1 Å². The maximum Gasteiger partial charge on any atom is 0.341 e. The number of likely N-dealkylation sites (tertiary alicyclic amines) is 1. The number of piperidine rings is 1. The summed E-state index contributed by atoms with van der Waals surface area (Å²) in [7, 11) is 1.32. The van der Waals surface area contributed by atoms with Crippen LogP contribution in [0.5, 0.6) is 5.75 Å². The molecule has 1 saturated heterocycles. The molecule has 150 valence electrons. The minimum absolute atomic E-state index is 0.0765. The topological polar surface area (TPSA) is 68.7 Å². The highest BCUT2D eigenvalue weighted by molar-refractivity contribution is 7.18. The molecule has 6 nitrogen and oxygen atoms in total. The average Bonchev–Trinajstić information content (AvgIpc) is 3.21. The van der Waals surface area contributed by atoms with Crippen LogP contribution in [0.15, 0.2) is 48.5 Å². The highest BCUT2D eigenvalue weighted by Crippen LogP contribution is 2.33. The second-order valence-corrected chi connectivity index (χ2v) is 8.01. The predicted molar refractivity (Wildman–Crippen MR) is 111 cm³/mol. The van der Waals surface area contributed by atoms with Crippen LogP contribution in [0.1, 0.15) is 34.1 Å². The van der Waals surface area contributed by atoms with Gasteiger partial charge in [0, 0.05) is 19.0 Å². The molecule has 0 spiro atoms. The molecule has 0 N–H and O–H groups in total. The number of methoxy groups -OCH3 is 1. The standard InChI is InChI=1S/C22H22N2O4S/c1-27-22(26)16-6-2-4-8-18(16)28-14-20(25)24-12-10-15(11-13-24)21-23-17-7-3-5-9-19(17)29-21/h2-9,15H,10-14H2,1H3. The molecule has 1 aliphatic heterocycles. The van der Waals surface area contributed by atoms with Crippen molar-refractivity contribution in [2.45, 2.75) is 18.8 Å². The van der Waals surface area contributed by atoms with Crippen molar-refractivity contribution < 1.29 is 19.1 Å². The summed E-state index contributed by atoms with van der Waals surface area (Å²) in [5.41, 5.74) is 1.36. The Balaban J connectivity index is 1.33. The van der Waals surface area contributed by atoms with E-state index in [4.69, 9.17) is 14.5 Å². The summed E-state index contributed by atoms with van der Waals surface area (Å²) in [5, 5.41) is 1.15. The van der Waals surface area contributed by atoms with Crippen molar-refractivity contribution in [1.82, 2.24) is 9.88 Å². The van der Waals surface area contributed by atoms with Crippen molar-refractivity contribution in [3.8, 4) is 5.75 Å². The van der Waals surface area contributed by atoms with Gasteiger partial charge in [0.25, 0.3) is 5.91 Å². The highest BCUT2D eigenvalue weighted by Gasteiger charge is 2.26. The fraction of sp³-hybridized carbons (Fsp3) is 0.318. The zero-order chi connectivity index (χ0) is 20.2. The third kappa shape index (κ3) is 4.24. The number of carbonyl (C=O) groups is 2. The largest absolute Gasteiger partial charge is 0.483 e. The van der Waals surface area contributed by atoms with Gasteiger partial charge in [-0.05, 0) is 37.1 Å². The first-order chi connectivity index (χ1) is 14.2. The molecule has 0 saturated carbocycles. The predicted octanol–water partition coefficient (Wildman–Crippen LogP) is 3.87. The van der Waals surface area contributed by atoms with Crippen molar-refractivity contribution >= 4 is 33.4 Å². The van der Waals surface area contributed by atoms with Gasteiger partial charge in [0.1, 0.15) is 11.3 Å². The number of benzene rings is 2. The van der Waals surface area contributed by atoms with Crippen molar-refractivity contribution in [3.05, 3.63) is 59.1 Å². The van der Waals surface area contributed by atoms with E-state index in [9.17, 15) is 9.59 Å². The summed E-state index contributed by atoms with van der Waals surface area (Å²) < 4.78 is 11.6. The number of fused-ring (bicyclic) bond motifs is 1. The fourth-order valence-electron chi connectivity index (χ4n) is 3.54. The van der Waals surface area contributed by atoms with Gasteiger partial charge in [-0.3, -0.25) is 4.79 Å². The number of amides is 1. The van der Waals surface area contributed by atoms with Crippen LogP contribution in [-0.4, -0.2) is 48.6 Å². The SMILES string of the molecule is COC(=O)c1ccccc1OCC(=O)N1CCC(c2nc3ccccc3s2)CC1. The van der Waals surface area contributed by atoms with Crippen LogP contribution < -0.4 is 4.74 Å². The molecule has 0 radical (unpaired) electrons. The molecular formula is C22H22N2O4S. The first-order valence-electron chi connectivity index (χ1n) is 9.59. The molecule has 2 heterocycles. The highest BCUT2D eigenvalue weighted by atomic mass is 32.1. The Morgan fingerprint density at radius 1 is 1.10 bits per heavy atom. The summed E-state index contributed by atoms with van der Waals surface area (Å²) in [6, 6.07) is 14.9. The van der Waals surface area contributed by atoms with E-state index >= 15 is 0 Å². The second kappa shape index (κ2) is 8.61. The number of thiazole rings is 1. The maximum atomic E-state index is 12.6. The summed E-state index contributed by atoms with van der Waals surface area (Å²) in [5.74, 6) is 0.187. The van der Waals surface area contributed by atoms with Crippen molar-refractivity contribution in [1.29, 1.82) is 0 Å². The number of esters is 1. The summed E-state index contributed by atoms with van der Waals surface area (Å²) in [6.07, 6.45) is 1.79. The lowest BCUT2D eigenvalue weighted by Crippen LogP contribution is -2.40. The van der Waals surface area contributed by atoms with Gasteiger partial charge in [0.15, 0.2) is 6.61 Å². The zero-order valence-electron chi connectivity index (χ0n) is 16.2. The number of hydrogen-bond donors (Lipinski definition) is 0. The van der Waals surface area contributed by atoms with Crippen LogP contribution in [0.2, 0.25) is 0 Å². The zero-order valence-corrected chi connectivity index (χ0v) is 17.0. The molecule has 0 unspecified atom stereocenters. The molecule has 0 atom stereocenters. The second-order valence-electron chi connectivity index (χ2n) is 6.95. The van der Waals surface area contributed by atoms with Gasteiger partial charge in [0.05, 0.1) is 22.3 Å². The van der Waals surface area contributed by atoms with Gasteiger partial charge < -0.3 is 14.4 Å². The molecule has 0 aliphatic carbocycles. The quantitative estimate of drug-likeness (QED) is 0.598. The third-order valence-electron chi connectivity index (χ3n) is 5.15. The van der Waals surface area contributed by atoms with Crippen LogP contribution in [0.3, 0.4) is 0 Å². The van der Waals surface area contributed by atoms with Gasteiger partial charge in [-0.15, -0.1) is 11.3 Å². The number of para-hydroxylation sites is 2. The number of rotatable bonds is 5. The van der Waals surface area contributed by atoms with Crippen LogP contribution >= 0.6 is 11.3 Å². The number of ether oxygens (including phenoxy) is 2. The van der Waals surface area contributed by atoms with Crippen LogP contribution in [-0.2, 0) is 9.53 Å². The molecule has 0 bridgehead atoms. The summed E-state index contributed by atoms with van der Waals surface area (Å²) in [6.45, 7) is 1.27. The molecule has 3 aromatic rings. The van der Waals surface area contributed by atoms with Gasteiger partial charge >= 0.3 is 5.97 Å². The summed E-state index contributed by atoms with van der Waals surface area (Å²) >= 11 is 1.74. The van der Waals surface area contributed by atoms with E-state index in [1.54, 1.807) is 35.6 Å². The van der Waals surface area contributed by atoms with Gasteiger partial charge in [-0.25, -0.2) is 9.78 Å². The van der Waals surface area contributed by atoms with E-state index in [1.165, 1.54) is 11.8 Å². The molecule has 1 amide bonds. The normalized spacial score (nSPS) is 14.7. The van der Waals surface area contributed by atoms with E-state index in [-0.39, 0.29) is 12.5 Å². The monoisotopic (exact) mass is 410 g/mol. The first-order valence-corrected chi connectivity index (χ1v) is 10.4. The Hall–Kier alpha value is -2.93. The minimum Gasteiger partial charge on any atom is -0.483 e. The van der Waals surface area contributed by atoms with Crippen LogP contribution in [0.25, 0.3) is 10.2 Å². The smallest absolute Gasteiger partial charge is 0.341 e. The Morgan fingerprint density at radius 3 is 2.59 bits per heavy atom. The molecule has 1 aliphatic rings. The van der Waals surface area contributed by atoms with E-state index in [0.717, 1.165) is 23.4 Å².